The van der Waals surface area contributed by atoms with E-state index in [1.54, 1.807) is 14.2 Å². The molecule has 2 aromatic carbocycles. The molecule has 0 aromatic heterocycles. The third-order valence-electron chi connectivity index (χ3n) is 5.45. The quantitative estimate of drug-likeness (QED) is 0.727. The average molecular weight is 368 g/mol. The smallest absolute Gasteiger partial charge is 0.161 e. The first-order chi connectivity index (χ1) is 13.1. The van der Waals surface area contributed by atoms with Gasteiger partial charge in [0.2, 0.25) is 0 Å². The first-order valence-corrected chi connectivity index (χ1v) is 9.34. The van der Waals surface area contributed by atoms with Crippen molar-refractivity contribution in [3.8, 4) is 11.5 Å². The van der Waals surface area contributed by atoms with Crippen molar-refractivity contribution in [2.24, 2.45) is 0 Å². The van der Waals surface area contributed by atoms with Crippen LogP contribution in [0.15, 0.2) is 36.4 Å². The van der Waals surface area contributed by atoms with E-state index in [1.807, 2.05) is 18.2 Å². The van der Waals surface area contributed by atoms with Gasteiger partial charge in [0, 0.05) is 43.5 Å². The van der Waals surface area contributed by atoms with Crippen molar-refractivity contribution >= 4 is 12.0 Å². The lowest BCUT2D eigenvalue weighted by Crippen LogP contribution is -2.47. The van der Waals surface area contributed by atoms with E-state index >= 15 is 0 Å². The molecular weight excluding hydrogens is 340 g/mol. The van der Waals surface area contributed by atoms with Crippen molar-refractivity contribution < 1.29 is 14.3 Å². The van der Waals surface area contributed by atoms with Crippen molar-refractivity contribution in [2.45, 2.75) is 19.9 Å². The predicted octanol–water partition coefficient (Wildman–Crippen LogP) is 3.71. The number of hydrogen-bond acceptors (Lipinski definition) is 5. The van der Waals surface area contributed by atoms with E-state index in [0.29, 0.717) is 6.04 Å². The van der Waals surface area contributed by atoms with Crippen LogP contribution in [0.1, 0.15) is 34.5 Å². The van der Waals surface area contributed by atoms with Gasteiger partial charge in [0.25, 0.3) is 0 Å². The maximum atomic E-state index is 10.9. The van der Waals surface area contributed by atoms with Gasteiger partial charge in [-0.3, -0.25) is 9.69 Å². The predicted molar refractivity (Wildman–Crippen MR) is 108 cm³/mol. The highest BCUT2D eigenvalue weighted by molar-refractivity contribution is 5.77. The highest BCUT2D eigenvalue weighted by Gasteiger charge is 2.23. The van der Waals surface area contributed by atoms with Crippen LogP contribution >= 0.6 is 0 Å². The van der Waals surface area contributed by atoms with Gasteiger partial charge in [0.15, 0.2) is 11.5 Å². The Hall–Kier alpha value is -2.53. The molecule has 0 radical (unpaired) electrons. The van der Waals surface area contributed by atoms with Crippen molar-refractivity contribution in [1.29, 1.82) is 0 Å². The zero-order valence-electron chi connectivity index (χ0n) is 16.6. The molecule has 5 heteroatoms. The summed E-state index contributed by atoms with van der Waals surface area (Å²) in [6, 6.07) is 12.4. The molecule has 1 atom stereocenters. The standard InChI is InChI=1S/C22H28N2O3/c1-16-13-18(15-25)5-7-20(16)24-11-9-23(10-12-24)17(2)19-6-8-21(26-3)22(14-19)27-4/h5-8,13-15,17H,9-12H2,1-4H3/t17-/m0/s1. The molecule has 0 unspecified atom stereocenters. The molecule has 0 aliphatic carbocycles. The lowest BCUT2D eigenvalue weighted by Gasteiger charge is -2.40. The van der Waals surface area contributed by atoms with E-state index in [1.165, 1.54) is 11.3 Å². The third-order valence-corrected chi connectivity index (χ3v) is 5.45. The summed E-state index contributed by atoms with van der Waals surface area (Å²) >= 11 is 0. The highest BCUT2D eigenvalue weighted by Crippen LogP contribution is 2.32. The molecule has 1 aliphatic rings. The lowest BCUT2D eigenvalue weighted by molar-refractivity contribution is 0.112. The molecule has 0 saturated carbocycles. The van der Waals surface area contributed by atoms with Gasteiger partial charge in [0.1, 0.15) is 6.29 Å². The fourth-order valence-corrected chi connectivity index (χ4v) is 3.78. The Bertz CT molecular complexity index is 798. The molecule has 1 saturated heterocycles. The topological polar surface area (TPSA) is 42.0 Å². The summed E-state index contributed by atoms with van der Waals surface area (Å²) in [6.07, 6.45) is 0.902. The number of rotatable bonds is 6. The summed E-state index contributed by atoms with van der Waals surface area (Å²) in [6.45, 7) is 8.23. The van der Waals surface area contributed by atoms with Gasteiger partial charge < -0.3 is 14.4 Å². The number of nitrogens with zero attached hydrogens (tertiary/aromatic N) is 2. The normalized spacial score (nSPS) is 16.1. The maximum Gasteiger partial charge on any atom is 0.161 e. The van der Waals surface area contributed by atoms with Crippen LogP contribution in [-0.4, -0.2) is 51.6 Å². The largest absolute Gasteiger partial charge is 0.493 e. The van der Waals surface area contributed by atoms with E-state index < -0.39 is 0 Å². The van der Waals surface area contributed by atoms with Gasteiger partial charge in [-0.15, -0.1) is 0 Å². The van der Waals surface area contributed by atoms with Crippen molar-refractivity contribution in [3.05, 3.63) is 53.1 Å². The number of ether oxygens (including phenoxy) is 2. The zero-order chi connectivity index (χ0) is 19.4. The number of hydrogen-bond donors (Lipinski definition) is 0. The lowest BCUT2D eigenvalue weighted by atomic mass is 10.0. The molecule has 0 amide bonds. The molecule has 1 aliphatic heterocycles. The summed E-state index contributed by atoms with van der Waals surface area (Å²) in [7, 11) is 3.33. The first kappa shape index (κ1) is 19.2. The number of aldehydes is 1. The molecular formula is C22H28N2O3. The van der Waals surface area contributed by atoms with Crippen LogP contribution in [0.5, 0.6) is 11.5 Å². The second kappa shape index (κ2) is 8.44. The van der Waals surface area contributed by atoms with Crippen LogP contribution in [-0.2, 0) is 0 Å². The fourth-order valence-electron chi connectivity index (χ4n) is 3.78. The zero-order valence-corrected chi connectivity index (χ0v) is 16.6. The van der Waals surface area contributed by atoms with Gasteiger partial charge in [-0.1, -0.05) is 6.07 Å². The van der Waals surface area contributed by atoms with Gasteiger partial charge in [-0.05, 0) is 55.3 Å². The monoisotopic (exact) mass is 368 g/mol. The van der Waals surface area contributed by atoms with Crippen LogP contribution in [0.2, 0.25) is 0 Å². The molecule has 144 valence electrons. The summed E-state index contributed by atoms with van der Waals surface area (Å²) in [4.78, 5) is 15.8. The van der Waals surface area contributed by atoms with E-state index in [4.69, 9.17) is 9.47 Å². The minimum atomic E-state index is 0.311. The third kappa shape index (κ3) is 4.08. The Balaban J connectivity index is 1.67. The number of carbonyl (C=O) groups excluding carboxylic acids is 1. The van der Waals surface area contributed by atoms with Crippen molar-refractivity contribution in [3.63, 3.8) is 0 Å². The Morgan fingerprint density at radius 2 is 1.67 bits per heavy atom. The van der Waals surface area contributed by atoms with Crippen LogP contribution in [0.3, 0.4) is 0 Å². The average Bonchev–Trinajstić information content (AvgIpc) is 2.72. The number of anilines is 1. The molecule has 2 aromatic rings. The van der Waals surface area contributed by atoms with Gasteiger partial charge >= 0.3 is 0 Å². The van der Waals surface area contributed by atoms with Crippen LogP contribution in [0.25, 0.3) is 0 Å². The van der Waals surface area contributed by atoms with Crippen LogP contribution < -0.4 is 14.4 Å². The van der Waals surface area contributed by atoms with Crippen molar-refractivity contribution in [1.82, 2.24) is 4.90 Å². The van der Waals surface area contributed by atoms with E-state index in [2.05, 4.69) is 41.8 Å². The second-order valence-corrected chi connectivity index (χ2v) is 6.98. The minimum Gasteiger partial charge on any atom is -0.493 e. The Morgan fingerprint density at radius 3 is 2.26 bits per heavy atom. The number of methoxy groups -OCH3 is 2. The fraction of sp³-hybridized carbons (Fsp3) is 0.409. The maximum absolute atomic E-state index is 10.9. The molecule has 5 nitrogen and oxygen atoms in total. The number of aryl methyl sites for hydroxylation is 1. The SMILES string of the molecule is COc1ccc([C@H](C)N2CCN(c3ccc(C=O)cc3C)CC2)cc1OC. The molecule has 27 heavy (non-hydrogen) atoms. The van der Waals surface area contributed by atoms with E-state index in [0.717, 1.165) is 55.1 Å². The van der Waals surface area contributed by atoms with E-state index in [-0.39, 0.29) is 0 Å². The first-order valence-electron chi connectivity index (χ1n) is 9.34. The Kier molecular flexibility index (Phi) is 6.01. The molecule has 1 fully saturated rings. The molecule has 3 rings (SSSR count). The molecule has 1 heterocycles. The van der Waals surface area contributed by atoms with Crippen molar-refractivity contribution in [2.75, 3.05) is 45.3 Å². The molecule has 0 spiro atoms. The minimum absolute atomic E-state index is 0.311. The summed E-state index contributed by atoms with van der Waals surface area (Å²) in [5.74, 6) is 1.53. The Morgan fingerprint density at radius 1 is 0.963 bits per heavy atom. The number of benzene rings is 2. The van der Waals surface area contributed by atoms with Crippen LogP contribution in [0.4, 0.5) is 5.69 Å². The molecule has 0 N–H and O–H groups in total. The summed E-state index contributed by atoms with van der Waals surface area (Å²) in [5, 5.41) is 0. The van der Waals surface area contributed by atoms with Gasteiger partial charge in [-0.2, -0.15) is 0 Å². The Labute approximate surface area is 161 Å². The van der Waals surface area contributed by atoms with E-state index in [9.17, 15) is 4.79 Å². The highest BCUT2D eigenvalue weighted by atomic mass is 16.5. The second-order valence-electron chi connectivity index (χ2n) is 6.98. The number of carbonyl (C=O) groups is 1. The molecule has 0 bridgehead atoms. The number of piperazine rings is 1. The summed E-state index contributed by atoms with van der Waals surface area (Å²) < 4.78 is 10.8. The van der Waals surface area contributed by atoms with Gasteiger partial charge in [-0.25, -0.2) is 0 Å². The summed E-state index contributed by atoms with van der Waals surface area (Å²) in [5.41, 5.74) is 4.34. The van der Waals surface area contributed by atoms with Gasteiger partial charge in [0.05, 0.1) is 14.2 Å². The van der Waals surface area contributed by atoms with Crippen LogP contribution in [0, 0.1) is 6.92 Å².